The summed E-state index contributed by atoms with van der Waals surface area (Å²) in [7, 11) is 1.81. The van der Waals surface area contributed by atoms with Crippen LogP contribution in [0.3, 0.4) is 0 Å². The van der Waals surface area contributed by atoms with Gasteiger partial charge in [-0.2, -0.15) is 0 Å². The van der Waals surface area contributed by atoms with Gasteiger partial charge < -0.3 is 15.2 Å². The van der Waals surface area contributed by atoms with Crippen molar-refractivity contribution in [3.05, 3.63) is 29.3 Å². The highest BCUT2D eigenvalue weighted by Gasteiger charge is 2.41. The van der Waals surface area contributed by atoms with Crippen molar-refractivity contribution in [1.82, 2.24) is 0 Å². The Bertz CT molecular complexity index is 488. The van der Waals surface area contributed by atoms with Crippen LogP contribution < -0.4 is 10.5 Å². The summed E-state index contributed by atoms with van der Waals surface area (Å²) >= 11 is 0. The number of benzene rings is 1. The molecule has 1 aromatic carbocycles. The molecule has 1 fully saturated rings. The Labute approximate surface area is 121 Å². The fraction of sp³-hybridized carbons (Fsp3) is 0.647. The van der Waals surface area contributed by atoms with Crippen LogP contribution in [0.25, 0.3) is 0 Å². The number of hydrogen-bond acceptors (Lipinski definition) is 3. The van der Waals surface area contributed by atoms with Gasteiger partial charge >= 0.3 is 0 Å². The Morgan fingerprint density at radius 1 is 1.45 bits per heavy atom. The van der Waals surface area contributed by atoms with Crippen LogP contribution in [0.2, 0.25) is 0 Å². The summed E-state index contributed by atoms with van der Waals surface area (Å²) in [6.45, 7) is 3.09. The Kier molecular flexibility index (Phi) is 3.74. The Hall–Kier alpha value is -1.06. The first kappa shape index (κ1) is 13.9. The summed E-state index contributed by atoms with van der Waals surface area (Å²) in [6.07, 6.45) is 5.60. The molecule has 3 atom stereocenters. The van der Waals surface area contributed by atoms with Crippen molar-refractivity contribution < 1.29 is 9.47 Å². The van der Waals surface area contributed by atoms with Crippen molar-refractivity contribution in [3.8, 4) is 5.75 Å². The average Bonchev–Trinajstić information content (AvgIpc) is 2.93. The Morgan fingerprint density at radius 2 is 2.30 bits per heavy atom. The van der Waals surface area contributed by atoms with Crippen molar-refractivity contribution in [3.63, 3.8) is 0 Å². The van der Waals surface area contributed by atoms with Gasteiger partial charge in [-0.3, -0.25) is 0 Å². The zero-order chi connectivity index (χ0) is 14.2. The molecule has 0 radical (unpaired) electrons. The topological polar surface area (TPSA) is 44.5 Å². The first-order chi connectivity index (χ1) is 9.64. The highest BCUT2D eigenvalue weighted by Crippen LogP contribution is 2.43. The van der Waals surface area contributed by atoms with Crippen LogP contribution in [0.1, 0.15) is 49.8 Å². The molecule has 0 aromatic heterocycles. The highest BCUT2D eigenvalue weighted by molar-refractivity contribution is 5.41. The number of fused-ring (bicyclic) bond motifs is 1. The predicted octanol–water partition coefficient (Wildman–Crippen LogP) is 3.22. The van der Waals surface area contributed by atoms with Crippen LogP contribution in [0.15, 0.2) is 18.2 Å². The molecule has 20 heavy (non-hydrogen) atoms. The molecule has 110 valence electrons. The normalized spacial score (nSPS) is 30.6. The van der Waals surface area contributed by atoms with Gasteiger partial charge in [-0.1, -0.05) is 31.9 Å². The maximum absolute atomic E-state index is 6.61. The fourth-order valence-corrected chi connectivity index (χ4v) is 3.84. The summed E-state index contributed by atoms with van der Waals surface area (Å²) in [5.74, 6) is 1.71. The lowest BCUT2D eigenvalue weighted by Crippen LogP contribution is -2.46. The standard InChI is InChI=1S/C17H25NO2/c1-12-4-3-8-17(11-12,19-2)16(18)14-5-6-15-13(10-14)7-9-20-15/h5-6,10,12,16H,3-4,7-9,11,18H2,1-2H3. The number of nitrogens with two attached hydrogens (primary N) is 1. The molecule has 2 N–H and O–H groups in total. The molecule has 1 aliphatic heterocycles. The van der Waals surface area contributed by atoms with Gasteiger partial charge in [0.2, 0.25) is 0 Å². The van der Waals surface area contributed by atoms with Crippen LogP contribution in [0.5, 0.6) is 5.75 Å². The summed E-state index contributed by atoms with van der Waals surface area (Å²) in [5.41, 5.74) is 8.87. The molecule has 1 saturated carbocycles. The second kappa shape index (κ2) is 5.38. The molecule has 0 spiro atoms. The third kappa shape index (κ3) is 2.33. The predicted molar refractivity (Wildman–Crippen MR) is 79.9 cm³/mol. The Morgan fingerprint density at radius 3 is 3.05 bits per heavy atom. The van der Waals surface area contributed by atoms with E-state index in [-0.39, 0.29) is 11.6 Å². The van der Waals surface area contributed by atoms with Gasteiger partial charge in [0.25, 0.3) is 0 Å². The van der Waals surface area contributed by atoms with E-state index in [1.165, 1.54) is 24.0 Å². The molecule has 3 heteroatoms. The first-order valence-corrected chi connectivity index (χ1v) is 7.71. The quantitative estimate of drug-likeness (QED) is 0.921. The number of methoxy groups -OCH3 is 1. The molecule has 0 bridgehead atoms. The molecular formula is C17H25NO2. The van der Waals surface area contributed by atoms with Crippen molar-refractivity contribution >= 4 is 0 Å². The summed E-state index contributed by atoms with van der Waals surface area (Å²) in [4.78, 5) is 0. The van der Waals surface area contributed by atoms with Gasteiger partial charge in [-0.15, -0.1) is 0 Å². The van der Waals surface area contributed by atoms with Gasteiger partial charge in [0.15, 0.2) is 0 Å². The fourth-order valence-electron chi connectivity index (χ4n) is 3.84. The van der Waals surface area contributed by atoms with Crippen LogP contribution in [-0.4, -0.2) is 19.3 Å². The average molecular weight is 275 g/mol. The zero-order valence-electron chi connectivity index (χ0n) is 12.5. The van der Waals surface area contributed by atoms with Crippen LogP contribution in [0, 0.1) is 5.92 Å². The van der Waals surface area contributed by atoms with Gasteiger partial charge in [0, 0.05) is 13.5 Å². The molecule has 3 rings (SSSR count). The van der Waals surface area contributed by atoms with E-state index in [1.54, 1.807) is 0 Å². The van der Waals surface area contributed by atoms with E-state index in [4.69, 9.17) is 15.2 Å². The van der Waals surface area contributed by atoms with Gasteiger partial charge in [0.1, 0.15) is 5.75 Å². The number of rotatable bonds is 3. The SMILES string of the molecule is COC1(C(N)c2ccc3c(c2)CCO3)CCCC(C)C1. The minimum absolute atomic E-state index is 0.0545. The molecule has 3 nitrogen and oxygen atoms in total. The molecular weight excluding hydrogens is 250 g/mol. The van der Waals surface area contributed by atoms with E-state index in [0.29, 0.717) is 5.92 Å². The minimum Gasteiger partial charge on any atom is -0.493 e. The third-order valence-electron chi connectivity index (χ3n) is 5.04. The lowest BCUT2D eigenvalue weighted by molar-refractivity contribution is -0.0718. The summed E-state index contributed by atoms with van der Waals surface area (Å²) in [5, 5.41) is 0. The van der Waals surface area contributed by atoms with Crippen molar-refractivity contribution in [2.75, 3.05) is 13.7 Å². The van der Waals surface area contributed by atoms with E-state index in [0.717, 1.165) is 31.6 Å². The van der Waals surface area contributed by atoms with Gasteiger partial charge in [0.05, 0.1) is 18.2 Å². The second-order valence-corrected chi connectivity index (χ2v) is 6.41. The maximum Gasteiger partial charge on any atom is 0.122 e. The molecule has 1 aliphatic carbocycles. The lowest BCUT2D eigenvalue weighted by Gasteiger charge is -2.43. The number of hydrogen-bond donors (Lipinski definition) is 1. The first-order valence-electron chi connectivity index (χ1n) is 7.71. The highest BCUT2D eigenvalue weighted by atomic mass is 16.5. The molecule has 1 aromatic rings. The Balaban J connectivity index is 1.88. The second-order valence-electron chi connectivity index (χ2n) is 6.41. The summed E-state index contributed by atoms with van der Waals surface area (Å²) < 4.78 is 11.5. The van der Waals surface area contributed by atoms with Crippen LogP contribution in [0.4, 0.5) is 0 Å². The van der Waals surface area contributed by atoms with Crippen molar-refractivity contribution in [1.29, 1.82) is 0 Å². The van der Waals surface area contributed by atoms with E-state index in [9.17, 15) is 0 Å². The zero-order valence-corrected chi connectivity index (χ0v) is 12.5. The molecule has 0 saturated heterocycles. The van der Waals surface area contributed by atoms with Crippen molar-refractivity contribution in [2.45, 2.75) is 50.7 Å². The largest absolute Gasteiger partial charge is 0.493 e. The van der Waals surface area contributed by atoms with Gasteiger partial charge in [-0.25, -0.2) is 0 Å². The number of ether oxygens (including phenoxy) is 2. The monoisotopic (exact) mass is 275 g/mol. The third-order valence-corrected chi connectivity index (χ3v) is 5.04. The van der Waals surface area contributed by atoms with E-state index in [2.05, 4.69) is 25.1 Å². The van der Waals surface area contributed by atoms with E-state index < -0.39 is 0 Å². The molecule has 2 aliphatic rings. The van der Waals surface area contributed by atoms with Crippen LogP contribution in [-0.2, 0) is 11.2 Å². The van der Waals surface area contributed by atoms with Gasteiger partial charge in [-0.05, 0) is 36.0 Å². The maximum atomic E-state index is 6.61. The summed E-state index contributed by atoms with van der Waals surface area (Å²) in [6, 6.07) is 6.33. The molecule has 3 unspecified atom stereocenters. The smallest absolute Gasteiger partial charge is 0.122 e. The van der Waals surface area contributed by atoms with E-state index in [1.807, 2.05) is 7.11 Å². The minimum atomic E-state index is -0.203. The lowest BCUT2D eigenvalue weighted by atomic mass is 9.73. The van der Waals surface area contributed by atoms with Crippen molar-refractivity contribution in [2.24, 2.45) is 11.7 Å². The van der Waals surface area contributed by atoms with Crippen LogP contribution >= 0.6 is 0 Å². The van der Waals surface area contributed by atoms with E-state index >= 15 is 0 Å². The molecule has 1 heterocycles. The molecule has 0 amide bonds.